The number of para-hydroxylation sites is 2. The Kier molecular flexibility index (Phi) is 11.1. The van der Waals surface area contributed by atoms with Gasteiger partial charge in [0.25, 0.3) is 0 Å². The Morgan fingerprint density at radius 2 is 1.71 bits per heavy atom. The van der Waals surface area contributed by atoms with Gasteiger partial charge in [-0.15, -0.1) is 0 Å². The molecule has 0 spiro atoms. The maximum atomic E-state index is 14.0. The van der Waals surface area contributed by atoms with E-state index in [1.54, 1.807) is 60.8 Å². The fraction of sp³-hybridized carbons (Fsp3) is 0.375. The number of halogens is 1. The summed E-state index contributed by atoms with van der Waals surface area (Å²) in [5.41, 5.74) is 1.13. The van der Waals surface area contributed by atoms with Crippen molar-refractivity contribution in [2.24, 2.45) is 0 Å². The Morgan fingerprint density at radius 3 is 2.41 bits per heavy atom. The minimum Gasteiger partial charge on any atom is -0.492 e. The summed E-state index contributed by atoms with van der Waals surface area (Å²) in [5, 5.41) is 6.49. The summed E-state index contributed by atoms with van der Waals surface area (Å²) < 4.78 is 5.89. The van der Waals surface area contributed by atoms with E-state index < -0.39 is 6.04 Å². The molecule has 3 aromatic rings. The van der Waals surface area contributed by atoms with E-state index in [1.165, 1.54) is 4.90 Å². The molecular formula is C32H37ClN4O4. The van der Waals surface area contributed by atoms with Crippen LogP contribution in [0.4, 0.5) is 11.5 Å². The number of nitrogens with one attached hydrogen (secondary N) is 2. The lowest BCUT2D eigenvalue weighted by atomic mass is 9.94. The third kappa shape index (κ3) is 8.54. The summed E-state index contributed by atoms with van der Waals surface area (Å²) in [4.78, 5) is 46.2. The fourth-order valence-electron chi connectivity index (χ4n) is 5.10. The molecule has 1 atom stereocenters. The van der Waals surface area contributed by atoms with Crippen molar-refractivity contribution in [2.75, 3.05) is 16.8 Å². The van der Waals surface area contributed by atoms with E-state index in [1.807, 2.05) is 19.1 Å². The van der Waals surface area contributed by atoms with Gasteiger partial charge in [-0.05, 0) is 68.1 Å². The highest BCUT2D eigenvalue weighted by Crippen LogP contribution is 2.36. The summed E-state index contributed by atoms with van der Waals surface area (Å²) in [6, 6.07) is 18.6. The molecule has 216 valence electrons. The molecule has 4 rings (SSSR count). The smallest absolute Gasteiger partial charge is 0.248 e. The van der Waals surface area contributed by atoms with Gasteiger partial charge in [0, 0.05) is 30.1 Å². The van der Waals surface area contributed by atoms with Gasteiger partial charge >= 0.3 is 0 Å². The first-order valence-electron chi connectivity index (χ1n) is 14.3. The van der Waals surface area contributed by atoms with Gasteiger partial charge in [-0.2, -0.15) is 0 Å². The van der Waals surface area contributed by atoms with Crippen LogP contribution in [0.1, 0.15) is 69.9 Å². The number of pyridine rings is 1. The largest absolute Gasteiger partial charge is 0.492 e. The Labute approximate surface area is 246 Å². The summed E-state index contributed by atoms with van der Waals surface area (Å²) in [7, 11) is 0. The summed E-state index contributed by atoms with van der Waals surface area (Å²) in [6.45, 7) is 2.27. The molecule has 2 aromatic carbocycles. The molecule has 1 unspecified atom stereocenters. The van der Waals surface area contributed by atoms with E-state index in [-0.39, 0.29) is 36.6 Å². The van der Waals surface area contributed by atoms with Gasteiger partial charge in [0.1, 0.15) is 17.6 Å². The molecule has 0 radical (unpaired) electrons. The average Bonchev–Trinajstić information content (AvgIpc) is 2.98. The molecule has 1 aliphatic carbocycles. The molecule has 0 saturated heterocycles. The number of benzene rings is 2. The summed E-state index contributed by atoms with van der Waals surface area (Å²) in [5.74, 6) is 0.175. The molecule has 3 amide bonds. The van der Waals surface area contributed by atoms with E-state index >= 15 is 0 Å². The molecule has 1 heterocycles. The highest BCUT2D eigenvalue weighted by Gasteiger charge is 2.35. The fourth-order valence-corrected chi connectivity index (χ4v) is 5.23. The maximum absolute atomic E-state index is 14.0. The minimum absolute atomic E-state index is 0.0525. The predicted octanol–water partition coefficient (Wildman–Crippen LogP) is 6.47. The van der Waals surface area contributed by atoms with Crippen LogP contribution >= 0.6 is 11.6 Å². The zero-order valence-electron chi connectivity index (χ0n) is 23.4. The van der Waals surface area contributed by atoms with Crippen molar-refractivity contribution in [3.8, 4) is 5.75 Å². The van der Waals surface area contributed by atoms with Gasteiger partial charge in [0.15, 0.2) is 0 Å². The van der Waals surface area contributed by atoms with E-state index in [4.69, 9.17) is 16.3 Å². The van der Waals surface area contributed by atoms with Gasteiger partial charge in [-0.1, -0.05) is 61.2 Å². The molecule has 8 nitrogen and oxygen atoms in total. The van der Waals surface area contributed by atoms with Gasteiger partial charge in [0.05, 0.1) is 12.3 Å². The number of ether oxygens (including phenoxy) is 1. The maximum Gasteiger partial charge on any atom is 0.248 e. The van der Waals surface area contributed by atoms with Crippen molar-refractivity contribution in [3.05, 3.63) is 83.5 Å². The number of carbonyl (C=O) groups is 3. The number of rotatable bonds is 12. The number of anilines is 2. The number of hydrogen-bond acceptors (Lipinski definition) is 5. The third-order valence-corrected chi connectivity index (χ3v) is 7.32. The van der Waals surface area contributed by atoms with Crippen LogP contribution in [0.15, 0.2) is 72.9 Å². The summed E-state index contributed by atoms with van der Waals surface area (Å²) >= 11 is 6.19. The number of carbonyl (C=O) groups excluding carboxylic acids is 3. The van der Waals surface area contributed by atoms with Crippen LogP contribution < -0.4 is 20.3 Å². The van der Waals surface area contributed by atoms with Gasteiger partial charge in [0.2, 0.25) is 17.7 Å². The Hall–Kier alpha value is -3.91. The molecule has 1 saturated carbocycles. The second-order valence-corrected chi connectivity index (χ2v) is 10.5. The first-order chi connectivity index (χ1) is 20.0. The molecule has 2 N–H and O–H groups in total. The van der Waals surface area contributed by atoms with Crippen LogP contribution in [-0.4, -0.2) is 35.4 Å². The van der Waals surface area contributed by atoms with Crippen LogP contribution in [0, 0.1) is 0 Å². The molecule has 1 aliphatic rings. The van der Waals surface area contributed by atoms with Crippen LogP contribution in [0.25, 0.3) is 0 Å². The van der Waals surface area contributed by atoms with E-state index in [0.29, 0.717) is 40.9 Å². The van der Waals surface area contributed by atoms with Gasteiger partial charge in [-0.3, -0.25) is 19.3 Å². The van der Waals surface area contributed by atoms with E-state index in [0.717, 1.165) is 32.1 Å². The molecule has 1 fully saturated rings. The van der Waals surface area contributed by atoms with E-state index in [9.17, 15) is 14.4 Å². The number of aromatic nitrogens is 1. The number of nitrogens with zero attached hydrogens (tertiary/aromatic N) is 2. The van der Waals surface area contributed by atoms with E-state index in [2.05, 4.69) is 15.6 Å². The first kappa shape index (κ1) is 30.1. The molecule has 0 bridgehead atoms. The Balaban J connectivity index is 1.62. The topological polar surface area (TPSA) is 101 Å². The van der Waals surface area contributed by atoms with Crippen molar-refractivity contribution >= 4 is 40.8 Å². The van der Waals surface area contributed by atoms with Crippen LogP contribution in [0.5, 0.6) is 5.75 Å². The third-order valence-electron chi connectivity index (χ3n) is 7.06. The van der Waals surface area contributed by atoms with Gasteiger partial charge in [-0.25, -0.2) is 4.98 Å². The monoisotopic (exact) mass is 576 g/mol. The number of amides is 3. The normalized spacial score (nSPS) is 14.1. The molecule has 41 heavy (non-hydrogen) atoms. The standard InChI is InChI=1S/C32H37ClN4O4/c1-2-41-27-14-7-6-13-26(27)37(30(39)17-10-16-29(38)36-28-15-8-9-22-34-28)31(23-18-20-24(33)21-19-23)32(40)35-25-11-4-3-5-12-25/h6-9,13-15,18-22,25,31H,2-5,10-12,16-17H2,1H3,(H,35,40)(H,34,36,38). The lowest BCUT2D eigenvalue weighted by molar-refractivity contribution is -0.127. The van der Waals surface area contributed by atoms with Crippen molar-refractivity contribution in [2.45, 2.75) is 70.4 Å². The molecule has 1 aromatic heterocycles. The Bertz CT molecular complexity index is 1300. The molecule has 9 heteroatoms. The van der Waals surface area contributed by atoms with Crippen LogP contribution in [-0.2, 0) is 14.4 Å². The lowest BCUT2D eigenvalue weighted by Gasteiger charge is -2.34. The summed E-state index contributed by atoms with van der Waals surface area (Å²) in [6.07, 6.45) is 7.18. The zero-order valence-corrected chi connectivity index (χ0v) is 24.1. The quantitative estimate of drug-likeness (QED) is 0.257. The van der Waals surface area contributed by atoms with Crippen LogP contribution in [0.2, 0.25) is 5.02 Å². The highest BCUT2D eigenvalue weighted by molar-refractivity contribution is 6.30. The highest BCUT2D eigenvalue weighted by atomic mass is 35.5. The van der Waals surface area contributed by atoms with Crippen molar-refractivity contribution in [1.82, 2.24) is 10.3 Å². The molecule has 0 aliphatic heterocycles. The van der Waals surface area contributed by atoms with Crippen LogP contribution in [0.3, 0.4) is 0 Å². The predicted molar refractivity (Wildman–Crippen MR) is 161 cm³/mol. The minimum atomic E-state index is -0.953. The average molecular weight is 577 g/mol. The first-order valence-corrected chi connectivity index (χ1v) is 14.6. The zero-order chi connectivity index (χ0) is 29.0. The van der Waals surface area contributed by atoms with Crippen molar-refractivity contribution in [1.29, 1.82) is 0 Å². The second kappa shape index (κ2) is 15.2. The molecular weight excluding hydrogens is 540 g/mol. The van der Waals surface area contributed by atoms with Crippen molar-refractivity contribution in [3.63, 3.8) is 0 Å². The SMILES string of the molecule is CCOc1ccccc1N(C(=O)CCCC(=O)Nc1ccccn1)C(C(=O)NC1CCCCC1)c1ccc(Cl)cc1. The van der Waals surface area contributed by atoms with Crippen molar-refractivity contribution < 1.29 is 19.1 Å². The van der Waals surface area contributed by atoms with Gasteiger partial charge < -0.3 is 15.4 Å². The number of hydrogen-bond donors (Lipinski definition) is 2. The second-order valence-electron chi connectivity index (χ2n) is 10.1. The Morgan fingerprint density at radius 1 is 0.976 bits per heavy atom. The lowest BCUT2D eigenvalue weighted by Crippen LogP contribution is -2.47.